The smallest absolute Gasteiger partial charge is 0.249 e. The molecule has 0 aromatic heterocycles. The molecule has 0 saturated carbocycles. The fourth-order valence-corrected chi connectivity index (χ4v) is 2.81. The van der Waals surface area contributed by atoms with Crippen LogP contribution in [0.1, 0.15) is 18.4 Å². The molecule has 1 fully saturated rings. The normalized spacial score (nSPS) is 17.9. The Hall–Kier alpha value is -1.27. The molecular weight excluding hydrogens is 326 g/mol. The van der Waals surface area contributed by atoms with Crippen LogP contribution in [0.15, 0.2) is 16.6 Å². The van der Waals surface area contributed by atoms with Gasteiger partial charge in [0.2, 0.25) is 5.91 Å². The molecule has 110 valence electrons. The summed E-state index contributed by atoms with van der Waals surface area (Å²) in [4.78, 5) is 11.9. The number of rotatable bonds is 5. The van der Waals surface area contributed by atoms with Gasteiger partial charge in [0, 0.05) is 13.2 Å². The second-order valence-corrected chi connectivity index (χ2v) is 5.39. The monoisotopic (exact) mass is 343 g/mol. The first-order chi connectivity index (χ1) is 9.65. The van der Waals surface area contributed by atoms with Crippen molar-refractivity contribution < 1.29 is 19.0 Å². The molecule has 2 rings (SSSR count). The molecule has 1 saturated heterocycles. The quantitative estimate of drug-likeness (QED) is 0.890. The molecule has 1 aliphatic rings. The lowest BCUT2D eigenvalue weighted by Crippen LogP contribution is -2.33. The number of halogens is 1. The number of ether oxygens (including phenoxy) is 3. The van der Waals surface area contributed by atoms with Crippen LogP contribution in [0.3, 0.4) is 0 Å². The summed E-state index contributed by atoms with van der Waals surface area (Å²) in [6, 6.07) is 3.75. The highest BCUT2D eigenvalue weighted by atomic mass is 79.9. The Bertz CT molecular complexity index is 486. The number of carbonyl (C=O) groups is 1. The second-order valence-electron chi connectivity index (χ2n) is 4.53. The van der Waals surface area contributed by atoms with Gasteiger partial charge < -0.3 is 19.5 Å². The molecule has 0 bridgehead atoms. The Morgan fingerprint density at radius 3 is 2.85 bits per heavy atom. The van der Waals surface area contributed by atoms with Crippen LogP contribution in [0, 0.1) is 0 Å². The Balaban J connectivity index is 2.02. The van der Waals surface area contributed by atoms with Crippen molar-refractivity contribution in [1.29, 1.82) is 0 Å². The second kappa shape index (κ2) is 6.95. The number of carbonyl (C=O) groups excluding carboxylic acids is 1. The summed E-state index contributed by atoms with van der Waals surface area (Å²) in [5.74, 6) is 1.21. The lowest BCUT2D eigenvalue weighted by atomic mass is 10.2. The molecule has 1 aliphatic heterocycles. The Morgan fingerprint density at radius 1 is 1.45 bits per heavy atom. The summed E-state index contributed by atoms with van der Waals surface area (Å²) in [5.41, 5.74) is 0.931. The first kappa shape index (κ1) is 15.1. The largest absolute Gasteiger partial charge is 0.493 e. The molecule has 0 spiro atoms. The van der Waals surface area contributed by atoms with Gasteiger partial charge in [-0.15, -0.1) is 0 Å². The predicted molar refractivity (Wildman–Crippen MR) is 78.1 cm³/mol. The minimum Gasteiger partial charge on any atom is -0.493 e. The SMILES string of the molecule is COc1cc(CNC(=O)C2CCCO2)cc(Br)c1OC. The van der Waals surface area contributed by atoms with Gasteiger partial charge in [-0.25, -0.2) is 0 Å². The van der Waals surface area contributed by atoms with Gasteiger partial charge in [-0.1, -0.05) is 0 Å². The van der Waals surface area contributed by atoms with Crippen molar-refractivity contribution in [1.82, 2.24) is 5.32 Å². The molecule has 6 heteroatoms. The summed E-state index contributed by atoms with van der Waals surface area (Å²) < 4.78 is 16.7. The third-order valence-electron chi connectivity index (χ3n) is 3.18. The van der Waals surface area contributed by atoms with E-state index < -0.39 is 0 Å². The van der Waals surface area contributed by atoms with Crippen LogP contribution < -0.4 is 14.8 Å². The maximum atomic E-state index is 11.9. The molecule has 1 unspecified atom stereocenters. The van der Waals surface area contributed by atoms with Gasteiger partial charge in [0.05, 0.1) is 18.7 Å². The Labute approximate surface area is 126 Å². The van der Waals surface area contributed by atoms with Crippen LogP contribution in [-0.2, 0) is 16.1 Å². The molecule has 20 heavy (non-hydrogen) atoms. The average molecular weight is 344 g/mol. The number of amides is 1. The summed E-state index contributed by atoms with van der Waals surface area (Å²) in [5, 5.41) is 2.88. The maximum absolute atomic E-state index is 11.9. The number of methoxy groups -OCH3 is 2. The minimum atomic E-state index is -0.307. The van der Waals surface area contributed by atoms with E-state index in [1.807, 2.05) is 12.1 Å². The van der Waals surface area contributed by atoms with E-state index in [9.17, 15) is 4.79 Å². The molecule has 1 atom stereocenters. The zero-order chi connectivity index (χ0) is 14.5. The first-order valence-corrected chi connectivity index (χ1v) is 7.24. The molecule has 1 aromatic carbocycles. The van der Waals surface area contributed by atoms with E-state index >= 15 is 0 Å². The third kappa shape index (κ3) is 3.43. The fraction of sp³-hybridized carbons (Fsp3) is 0.500. The van der Waals surface area contributed by atoms with E-state index in [1.165, 1.54) is 0 Å². The molecule has 0 radical (unpaired) electrons. The highest BCUT2D eigenvalue weighted by Crippen LogP contribution is 2.36. The van der Waals surface area contributed by atoms with Gasteiger partial charge in [-0.3, -0.25) is 4.79 Å². The molecule has 1 amide bonds. The van der Waals surface area contributed by atoms with E-state index in [1.54, 1.807) is 14.2 Å². The van der Waals surface area contributed by atoms with E-state index in [0.717, 1.165) is 22.9 Å². The lowest BCUT2D eigenvalue weighted by Gasteiger charge is -2.14. The van der Waals surface area contributed by atoms with E-state index in [2.05, 4.69) is 21.2 Å². The summed E-state index contributed by atoms with van der Waals surface area (Å²) in [6.07, 6.45) is 1.43. The van der Waals surface area contributed by atoms with Gasteiger partial charge >= 0.3 is 0 Å². The zero-order valence-corrected chi connectivity index (χ0v) is 13.2. The van der Waals surface area contributed by atoms with Crippen LogP contribution in [0.2, 0.25) is 0 Å². The zero-order valence-electron chi connectivity index (χ0n) is 11.6. The number of hydrogen-bond acceptors (Lipinski definition) is 4. The maximum Gasteiger partial charge on any atom is 0.249 e. The van der Waals surface area contributed by atoms with Gasteiger partial charge in [-0.2, -0.15) is 0 Å². The predicted octanol–water partition coefficient (Wildman–Crippen LogP) is 2.26. The van der Waals surface area contributed by atoms with Crippen molar-refractivity contribution in [3.63, 3.8) is 0 Å². The molecule has 1 heterocycles. The fourth-order valence-electron chi connectivity index (χ4n) is 2.16. The molecule has 1 N–H and O–H groups in total. The highest BCUT2D eigenvalue weighted by molar-refractivity contribution is 9.10. The van der Waals surface area contributed by atoms with Crippen LogP contribution >= 0.6 is 15.9 Å². The molecule has 1 aromatic rings. The Morgan fingerprint density at radius 2 is 2.25 bits per heavy atom. The molecular formula is C14H18BrNO4. The van der Waals surface area contributed by atoms with Gasteiger partial charge in [0.1, 0.15) is 6.10 Å². The van der Waals surface area contributed by atoms with Crippen molar-refractivity contribution in [2.75, 3.05) is 20.8 Å². The van der Waals surface area contributed by atoms with Gasteiger partial charge in [-0.05, 0) is 46.5 Å². The topological polar surface area (TPSA) is 56.8 Å². The third-order valence-corrected chi connectivity index (χ3v) is 3.77. The Kier molecular flexibility index (Phi) is 5.25. The van der Waals surface area contributed by atoms with Crippen LogP contribution in [-0.4, -0.2) is 32.8 Å². The summed E-state index contributed by atoms with van der Waals surface area (Å²) >= 11 is 3.43. The van der Waals surface area contributed by atoms with Crippen molar-refractivity contribution in [2.45, 2.75) is 25.5 Å². The first-order valence-electron chi connectivity index (χ1n) is 6.45. The van der Waals surface area contributed by atoms with Gasteiger partial charge in [0.15, 0.2) is 11.5 Å². The highest BCUT2D eigenvalue weighted by Gasteiger charge is 2.23. The van der Waals surface area contributed by atoms with Crippen molar-refractivity contribution >= 4 is 21.8 Å². The standard InChI is InChI=1S/C14H18BrNO4/c1-18-12-7-9(6-10(15)13(12)19-2)8-16-14(17)11-4-3-5-20-11/h6-7,11H,3-5,8H2,1-2H3,(H,16,17). The summed E-state index contributed by atoms with van der Waals surface area (Å²) in [7, 11) is 3.17. The minimum absolute atomic E-state index is 0.0617. The van der Waals surface area contributed by atoms with E-state index in [-0.39, 0.29) is 12.0 Å². The number of hydrogen-bond donors (Lipinski definition) is 1. The average Bonchev–Trinajstić information content (AvgIpc) is 2.98. The van der Waals surface area contributed by atoms with Crippen molar-refractivity contribution in [3.8, 4) is 11.5 Å². The van der Waals surface area contributed by atoms with E-state index in [4.69, 9.17) is 14.2 Å². The van der Waals surface area contributed by atoms with Gasteiger partial charge in [0.25, 0.3) is 0 Å². The number of nitrogens with one attached hydrogen (secondary N) is 1. The molecule has 0 aliphatic carbocycles. The summed E-state index contributed by atoms with van der Waals surface area (Å²) in [6.45, 7) is 1.09. The van der Waals surface area contributed by atoms with Crippen molar-refractivity contribution in [3.05, 3.63) is 22.2 Å². The van der Waals surface area contributed by atoms with E-state index in [0.29, 0.717) is 24.7 Å². The van der Waals surface area contributed by atoms with Crippen LogP contribution in [0.4, 0.5) is 0 Å². The lowest BCUT2D eigenvalue weighted by molar-refractivity contribution is -0.130. The molecule has 5 nitrogen and oxygen atoms in total. The van der Waals surface area contributed by atoms with Crippen LogP contribution in [0.5, 0.6) is 11.5 Å². The van der Waals surface area contributed by atoms with Crippen molar-refractivity contribution in [2.24, 2.45) is 0 Å². The van der Waals surface area contributed by atoms with Crippen LogP contribution in [0.25, 0.3) is 0 Å². The number of benzene rings is 1.